The predicted octanol–water partition coefficient (Wildman–Crippen LogP) is 1.63. The molecule has 3 N–H and O–H groups in total. The maximum absolute atomic E-state index is 11.8. The van der Waals surface area contributed by atoms with Crippen LogP contribution in [0.2, 0.25) is 0 Å². The minimum Gasteiger partial charge on any atom is -0.393 e. The van der Waals surface area contributed by atoms with E-state index in [0.717, 1.165) is 19.3 Å². The van der Waals surface area contributed by atoms with Crippen molar-refractivity contribution in [2.45, 2.75) is 25.4 Å². The van der Waals surface area contributed by atoms with Gasteiger partial charge in [-0.05, 0) is 25.0 Å². The molecule has 0 bridgehead atoms. The molecular weight excluding hydrogens is 236 g/mol. The van der Waals surface area contributed by atoms with Crippen molar-refractivity contribution in [1.29, 1.82) is 0 Å². The molecule has 1 amide bonds. The summed E-state index contributed by atoms with van der Waals surface area (Å²) < 4.78 is 0.442. The van der Waals surface area contributed by atoms with E-state index in [9.17, 15) is 9.90 Å². The van der Waals surface area contributed by atoms with Crippen molar-refractivity contribution in [3.05, 3.63) is 28.5 Å². The van der Waals surface area contributed by atoms with Crippen molar-refractivity contribution in [3.8, 4) is 0 Å². The van der Waals surface area contributed by atoms with Gasteiger partial charge in [-0.25, -0.2) is 0 Å². The van der Waals surface area contributed by atoms with Crippen molar-refractivity contribution >= 4 is 18.1 Å². The molecule has 0 aromatic carbocycles. The minimum atomic E-state index is -0.277. The molecule has 0 aliphatic heterocycles. The highest BCUT2D eigenvalue weighted by atomic mass is 32.1. The average Bonchev–Trinajstić information content (AvgIpc) is 2.72. The van der Waals surface area contributed by atoms with Crippen molar-refractivity contribution in [1.82, 2.24) is 10.3 Å². The molecule has 2 unspecified atom stereocenters. The Labute approximate surface area is 105 Å². The predicted molar refractivity (Wildman–Crippen MR) is 67.3 cm³/mol. The number of aliphatic hydroxyl groups excluding tert-OH is 1. The van der Waals surface area contributed by atoms with E-state index in [1.807, 2.05) is 0 Å². The fourth-order valence-electron chi connectivity index (χ4n) is 2.17. The number of H-pyrrole nitrogens is 1. The highest BCUT2D eigenvalue weighted by Crippen LogP contribution is 2.24. The third kappa shape index (κ3) is 2.92. The second-order valence-electron chi connectivity index (χ2n) is 4.38. The molecule has 5 heteroatoms. The Morgan fingerprint density at radius 1 is 1.59 bits per heavy atom. The van der Waals surface area contributed by atoms with E-state index in [0.29, 0.717) is 16.7 Å². The van der Waals surface area contributed by atoms with Crippen LogP contribution in [0.3, 0.4) is 0 Å². The summed E-state index contributed by atoms with van der Waals surface area (Å²) in [4.78, 5) is 14.7. The summed E-state index contributed by atoms with van der Waals surface area (Å²) in [6, 6.07) is 3.44. The van der Waals surface area contributed by atoms with Crippen LogP contribution in [0, 0.1) is 10.6 Å². The summed E-state index contributed by atoms with van der Waals surface area (Å²) in [5, 5.41) is 12.5. The molecule has 1 aromatic heterocycles. The van der Waals surface area contributed by atoms with Gasteiger partial charge in [-0.1, -0.05) is 18.6 Å². The number of aromatic nitrogens is 1. The fourth-order valence-corrected chi connectivity index (χ4v) is 2.40. The zero-order valence-electron chi connectivity index (χ0n) is 9.48. The van der Waals surface area contributed by atoms with E-state index in [1.54, 1.807) is 18.3 Å². The first-order valence-electron chi connectivity index (χ1n) is 5.82. The molecule has 92 valence electrons. The van der Waals surface area contributed by atoms with Crippen LogP contribution in [-0.2, 0) is 0 Å². The van der Waals surface area contributed by atoms with Crippen LogP contribution in [-0.4, -0.2) is 28.6 Å². The number of carbonyl (C=O) groups is 1. The Bertz CT molecular complexity index is 458. The second-order valence-corrected chi connectivity index (χ2v) is 4.79. The molecule has 0 saturated heterocycles. The molecule has 1 aliphatic carbocycles. The first kappa shape index (κ1) is 12.3. The molecule has 0 radical (unpaired) electrons. The van der Waals surface area contributed by atoms with Crippen LogP contribution in [0.25, 0.3) is 0 Å². The van der Waals surface area contributed by atoms with E-state index in [1.165, 1.54) is 0 Å². The lowest BCUT2D eigenvalue weighted by Crippen LogP contribution is -2.32. The molecule has 2 rings (SSSR count). The summed E-state index contributed by atoms with van der Waals surface area (Å²) >= 11 is 5.03. The lowest BCUT2D eigenvalue weighted by molar-refractivity contribution is 0.0916. The number of nitrogens with one attached hydrogen (secondary N) is 2. The number of hydrogen-bond acceptors (Lipinski definition) is 3. The number of rotatable bonds is 3. The van der Waals surface area contributed by atoms with Crippen molar-refractivity contribution in [2.75, 3.05) is 6.54 Å². The van der Waals surface area contributed by atoms with E-state index in [4.69, 9.17) is 12.2 Å². The van der Waals surface area contributed by atoms with Crippen molar-refractivity contribution in [2.24, 2.45) is 5.92 Å². The van der Waals surface area contributed by atoms with Crippen LogP contribution < -0.4 is 5.32 Å². The largest absolute Gasteiger partial charge is 0.393 e. The molecule has 1 saturated carbocycles. The molecule has 4 nitrogen and oxygen atoms in total. The number of pyridine rings is 1. The molecular formula is C12H16N2O2S. The van der Waals surface area contributed by atoms with E-state index >= 15 is 0 Å². The van der Waals surface area contributed by atoms with E-state index in [-0.39, 0.29) is 17.9 Å². The normalized spacial score (nSPS) is 23.6. The molecule has 1 aromatic rings. The van der Waals surface area contributed by atoms with Gasteiger partial charge in [0.2, 0.25) is 0 Å². The number of hydrogen-bond donors (Lipinski definition) is 3. The highest BCUT2D eigenvalue weighted by molar-refractivity contribution is 7.71. The molecule has 17 heavy (non-hydrogen) atoms. The van der Waals surface area contributed by atoms with Gasteiger partial charge in [-0.15, -0.1) is 0 Å². The Morgan fingerprint density at radius 2 is 2.41 bits per heavy atom. The SMILES string of the molecule is O=C(NCC1CCCC1O)c1ccc[nH]c1=S. The summed E-state index contributed by atoms with van der Waals surface area (Å²) in [7, 11) is 0. The second kappa shape index (κ2) is 5.42. The van der Waals surface area contributed by atoms with Gasteiger partial charge in [-0.3, -0.25) is 4.79 Å². The summed E-state index contributed by atoms with van der Waals surface area (Å²) in [5.41, 5.74) is 0.481. The lowest BCUT2D eigenvalue weighted by atomic mass is 10.1. The van der Waals surface area contributed by atoms with Gasteiger partial charge >= 0.3 is 0 Å². The van der Waals surface area contributed by atoms with Gasteiger partial charge in [-0.2, -0.15) is 0 Å². The van der Waals surface area contributed by atoms with Crippen LogP contribution in [0.5, 0.6) is 0 Å². The molecule has 2 atom stereocenters. The van der Waals surface area contributed by atoms with Crippen LogP contribution in [0.1, 0.15) is 29.6 Å². The fraction of sp³-hybridized carbons (Fsp3) is 0.500. The summed E-state index contributed by atoms with van der Waals surface area (Å²) in [6.07, 6.45) is 4.27. The molecule has 1 heterocycles. The van der Waals surface area contributed by atoms with E-state index in [2.05, 4.69) is 10.3 Å². The van der Waals surface area contributed by atoms with Gasteiger partial charge in [0, 0.05) is 18.7 Å². The summed E-state index contributed by atoms with van der Waals surface area (Å²) in [6.45, 7) is 0.518. The Balaban J connectivity index is 1.94. The maximum atomic E-state index is 11.8. The van der Waals surface area contributed by atoms with Crippen molar-refractivity contribution in [3.63, 3.8) is 0 Å². The highest BCUT2D eigenvalue weighted by Gasteiger charge is 2.25. The van der Waals surface area contributed by atoms with Gasteiger partial charge in [0.1, 0.15) is 4.64 Å². The van der Waals surface area contributed by atoms with Gasteiger partial charge in [0.15, 0.2) is 0 Å². The molecule has 0 spiro atoms. The number of amides is 1. The zero-order chi connectivity index (χ0) is 12.3. The summed E-state index contributed by atoms with van der Waals surface area (Å²) in [5.74, 6) is 0.00571. The third-order valence-electron chi connectivity index (χ3n) is 3.21. The standard InChI is InChI=1S/C12H16N2O2S/c15-10-5-1-3-8(10)7-14-11(16)9-4-2-6-13-12(9)17/h2,4,6,8,10,15H,1,3,5,7H2,(H,13,17)(H,14,16). The number of aromatic amines is 1. The van der Waals surface area contributed by atoms with Crippen molar-refractivity contribution < 1.29 is 9.90 Å². The first-order chi connectivity index (χ1) is 8.18. The Kier molecular flexibility index (Phi) is 3.91. The third-order valence-corrected chi connectivity index (χ3v) is 3.54. The molecule has 1 fully saturated rings. The number of carbonyl (C=O) groups excluding carboxylic acids is 1. The van der Waals surface area contributed by atoms with Crippen LogP contribution >= 0.6 is 12.2 Å². The molecule has 1 aliphatic rings. The Hall–Kier alpha value is -1.20. The quantitative estimate of drug-likeness (QED) is 0.716. The van der Waals surface area contributed by atoms with Gasteiger partial charge in [0.05, 0.1) is 11.7 Å². The average molecular weight is 252 g/mol. The number of aliphatic hydroxyl groups is 1. The smallest absolute Gasteiger partial charge is 0.254 e. The van der Waals surface area contributed by atoms with Crippen LogP contribution in [0.15, 0.2) is 18.3 Å². The first-order valence-corrected chi connectivity index (χ1v) is 6.23. The zero-order valence-corrected chi connectivity index (χ0v) is 10.3. The van der Waals surface area contributed by atoms with E-state index < -0.39 is 0 Å². The topological polar surface area (TPSA) is 65.1 Å². The van der Waals surface area contributed by atoms with Gasteiger partial charge < -0.3 is 15.4 Å². The van der Waals surface area contributed by atoms with Crippen LogP contribution in [0.4, 0.5) is 0 Å². The monoisotopic (exact) mass is 252 g/mol. The maximum Gasteiger partial charge on any atom is 0.254 e. The minimum absolute atomic E-state index is 0.175. The lowest BCUT2D eigenvalue weighted by Gasteiger charge is -2.14. The van der Waals surface area contributed by atoms with Gasteiger partial charge in [0.25, 0.3) is 5.91 Å². The Morgan fingerprint density at radius 3 is 3.06 bits per heavy atom.